The van der Waals surface area contributed by atoms with Crippen LogP contribution in [0, 0.1) is 0 Å². The Balaban J connectivity index is 2.06. The Morgan fingerprint density at radius 2 is 2.12 bits per heavy atom. The predicted octanol–water partition coefficient (Wildman–Crippen LogP) is 1.91. The fourth-order valence-electron chi connectivity index (χ4n) is 2.37. The Morgan fingerprint density at radius 1 is 1.35 bits per heavy atom. The van der Waals surface area contributed by atoms with Gasteiger partial charge in [-0.05, 0) is 36.6 Å². The molecule has 1 aromatic carbocycles. The number of carbonyl (C=O) groups is 1. The highest BCUT2D eigenvalue weighted by Gasteiger charge is 2.53. The van der Waals surface area contributed by atoms with E-state index in [4.69, 9.17) is 9.52 Å². The van der Waals surface area contributed by atoms with Gasteiger partial charge in [0.1, 0.15) is 5.58 Å². The first kappa shape index (κ1) is 10.4. The number of furan rings is 1. The molecule has 0 bridgehead atoms. The molecule has 1 fully saturated rings. The quantitative estimate of drug-likeness (QED) is 0.848. The maximum atomic E-state index is 10.9. The van der Waals surface area contributed by atoms with Crippen molar-refractivity contribution in [2.75, 3.05) is 0 Å². The maximum absolute atomic E-state index is 10.9. The van der Waals surface area contributed by atoms with Crippen molar-refractivity contribution in [1.82, 2.24) is 0 Å². The zero-order chi connectivity index (χ0) is 12.0. The van der Waals surface area contributed by atoms with Crippen LogP contribution in [0.1, 0.15) is 18.4 Å². The lowest BCUT2D eigenvalue weighted by Crippen LogP contribution is -2.33. The number of aliphatic carboxylic acids is 1. The van der Waals surface area contributed by atoms with Crippen molar-refractivity contribution in [3.63, 3.8) is 0 Å². The molecule has 1 aliphatic carbocycles. The molecule has 0 amide bonds. The van der Waals surface area contributed by atoms with Crippen molar-refractivity contribution < 1.29 is 19.4 Å². The first-order valence-corrected chi connectivity index (χ1v) is 5.52. The summed E-state index contributed by atoms with van der Waals surface area (Å²) >= 11 is 0. The standard InChI is InChI=1S/C13H12O4/c14-11(12(15)16)13(4-5-13)9-1-2-10-8(7-9)3-6-17-10/h1-3,6-7,11,14H,4-5H2,(H,15,16). The van der Waals surface area contributed by atoms with Crippen molar-refractivity contribution in [1.29, 1.82) is 0 Å². The van der Waals surface area contributed by atoms with Gasteiger partial charge in [0.15, 0.2) is 6.10 Å². The van der Waals surface area contributed by atoms with Crippen LogP contribution < -0.4 is 0 Å². The summed E-state index contributed by atoms with van der Waals surface area (Å²) in [6.07, 6.45) is 1.70. The Morgan fingerprint density at radius 3 is 2.76 bits per heavy atom. The minimum atomic E-state index is -1.33. The highest BCUT2D eigenvalue weighted by atomic mass is 16.4. The van der Waals surface area contributed by atoms with Gasteiger partial charge in [-0.25, -0.2) is 4.79 Å². The number of fused-ring (bicyclic) bond motifs is 1. The SMILES string of the molecule is O=C(O)C(O)C1(c2ccc3occc3c2)CC1. The second kappa shape index (κ2) is 3.34. The van der Waals surface area contributed by atoms with Crippen LogP contribution in [0.2, 0.25) is 0 Å². The molecule has 0 spiro atoms. The summed E-state index contributed by atoms with van der Waals surface area (Å²) in [6, 6.07) is 7.39. The molecule has 2 N–H and O–H groups in total. The molecule has 0 saturated heterocycles. The van der Waals surface area contributed by atoms with E-state index >= 15 is 0 Å². The lowest BCUT2D eigenvalue weighted by molar-refractivity contribution is -0.148. The fraction of sp³-hybridized carbons (Fsp3) is 0.308. The number of aliphatic hydroxyl groups is 1. The van der Waals surface area contributed by atoms with Gasteiger partial charge in [0.25, 0.3) is 0 Å². The first-order valence-electron chi connectivity index (χ1n) is 5.52. The van der Waals surface area contributed by atoms with E-state index in [-0.39, 0.29) is 0 Å². The van der Waals surface area contributed by atoms with Gasteiger partial charge in [0, 0.05) is 10.8 Å². The van der Waals surface area contributed by atoms with E-state index < -0.39 is 17.5 Å². The van der Waals surface area contributed by atoms with Crippen molar-refractivity contribution in [2.45, 2.75) is 24.4 Å². The lowest BCUT2D eigenvalue weighted by Gasteiger charge is -2.19. The molecule has 2 aromatic rings. The van der Waals surface area contributed by atoms with Gasteiger partial charge in [-0.2, -0.15) is 0 Å². The highest BCUT2D eigenvalue weighted by molar-refractivity contribution is 5.80. The van der Waals surface area contributed by atoms with Crippen LogP contribution in [0.3, 0.4) is 0 Å². The predicted molar refractivity (Wildman–Crippen MR) is 60.8 cm³/mol. The van der Waals surface area contributed by atoms with E-state index in [2.05, 4.69) is 0 Å². The fourth-order valence-corrected chi connectivity index (χ4v) is 2.37. The molecule has 1 aliphatic rings. The third-order valence-electron chi connectivity index (χ3n) is 3.57. The molecule has 1 heterocycles. The van der Waals surface area contributed by atoms with Crippen LogP contribution >= 0.6 is 0 Å². The number of carboxylic acids is 1. The molecule has 4 heteroatoms. The Hall–Kier alpha value is -1.81. The number of carboxylic acid groups (broad SMARTS) is 1. The van der Waals surface area contributed by atoms with Crippen molar-refractivity contribution in [3.05, 3.63) is 36.1 Å². The van der Waals surface area contributed by atoms with E-state index in [9.17, 15) is 9.90 Å². The van der Waals surface area contributed by atoms with Gasteiger partial charge < -0.3 is 14.6 Å². The van der Waals surface area contributed by atoms with Gasteiger partial charge in [-0.1, -0.05) is 6.07 Å². The van der Waals surface area contributed by atoms with Crippen LogP contribution in [0.15, 0.2) is 34.9 Å². The molecule has 88 valence electrons. The van der Waals surface area contributed by atoms with E-state index in [0.717, 1.165) is 16.5 Å². The summed E-state index contributed by atoms with van der Waals surface area (Å²) in [5.74, 6) is -1.16. The summed E-state index contributed by atoms with van der Waals surface area (Å²) in [7, 11) is 0. The monoisotopic (exact) mass is 232 g/mol. The number of aliphatic hydroxyl groups excluding tert-OH is 1. The molecule has 4 nitrogen and oxygen atoms in total. The normalized spacial score (nSPS) is 19.1. The van der Waals surface area contributed by atoms with Gasteiger partial charge >= 0.3 is 5.97 Å². The Labute approximate surface area is 97.5 Å². The van der Waals surface area contributed by atoms with E-state index in [1.807, 2.05) is 24.3 Å². The first-order chi connectivity index (χ1) is 8.13. The molecule has 3 rings (SSSR count). The van der Waals surface area contributed by atoms with Crippen molar-refractivity contribution >= 4 is 16.9 Å². The van der Waals surface area contributed by atoms with Gasteiger partial charge in [0.2, 0.25) is 0 Å². The van der Waals surface area contributed by atoms with E-state index in [1.165, 1.54) is 0 Å². The van der Waals surface area contributed by atoms with Gasteiger partial charge in [-0.15, -0.1) is 0 Å². The molecule has 0 radical (unpaired) electrons. The topological polar surface area (TPSA) is 70.7 Å². The largest absolute Gasteiger partial charge is 0.479 e. The average Bonchev–Trinajstić information content (AvgIpc) is 2.99. The van der Waals surface area contributed by atoms with Crippen molar-refractivity contribution in [3.8, 4) is 0 Å². The third kappa shape index (κ3) is 1.45. The molecule has 1 saturated carbocycles. The molecule has 1 unspecified atom stereocenters. The second-order valence-corrected chi connectivity index (χ2v) is 4.57. The summed E-state index contributed by atoms with van der Waals surface area (Å²) in [5.41, 5.74) is 1.05. The Kier molecular flexibility index (Phi) is 2.03. The zero-order valence-electron chi connectivity index (χ0n) is 9.09. The average molecular weight is 232 g/mol. The van der Waals surface area contributed by atoms with Crippen LogP contribution in [0.4, 0.5) is 0 Å². The van der Waals surface area contributed by atoms with Crippen LogP contribution in [0.5, 0.6) is 0 Å². The Bertz CT molecular complexity index is 580. The second-order valence-electron chi connectivity index (χ2n) is 4.57. The molecular formula is C13H12O4. The lowest BCUT2D eigenvalue weighted by atomic mass is 9.89. The summed E-state index contributed by atoms with van der Waals surface area (Å²) in [4.78, 5) is 10.9. The van der Waals surface area contributed by atoms with E-state index in [0.29, 0.717) is 12.8 Å². The minimum Gasteiger partial charge on any atom is -0.479 e. The van der Waals surface area contributed by atoms with E-state index in [1.54, 1.807) is 6.26 Å². The summed E-state index contributed by atoms with van der Waals surface area (Å²) < 4.78 is 5.24. The number of hydrogen-bond donors (Lipinski definition) is 2. The molecule has 17 heavy (non-hydrogen) atoms. The molecule has 1 atom stereocenters. The van der Waals surface area contributed by atoms with Crippen LogP contribution in [-0.4, -0.2) is 22.3 Å². The highest BCUT2D eigenvalue weighted by Crippen LogP contribution is 2.51. The summed E-state index contributed by atoms with van der Waals surface area (Å²) in [5, 5.41) is 19.6. The smallest absolute Gasteiger partial charge is 0.333 e. The summed E-state index contributed by atoms with van der Waals surface area (Å²) in [6.45, 7) is 0. The minimum absolute atomic E-state index is 0.600. The maximum Gasteiger partial charge on any atom is 0.333 e. The van der Waals surface area contributed by atoms with Crippen LogP contribution in [-0.2, 0) is 10.2 Å². The van der Waals surface area contributed by atoms with Crippen molar-refractivity contribution in [2.24, 2.45) is 0 Å². The third-order valence-corrected chi connectivity index (χ3v) is 3.57. The van der Waals surface area contributed by atoms with Crippen LogP contribution in [0.25, 0.3) is 11.0 Å². The zero-order valence-corrected chi connectivity index (χ0v) is 9.09. The van der Waals surface area contributed by atoms with Gasteiger partial charge in [0.05, 0.1) is 6.26 Å². The number of hydrogen-bond acceptors (Lipinski definition) is 3. The number of rotatable bonds is 3. The molecular weight excluding hydrogens is 220 g/mol. The number of benzene rings is 1. The van der Waals surface area contributed by atoms with Gasteiger partial charge in [-0.3, -0.25) is 0 Å². The molecule has 1 aromatic heterocycles. The molecule has 0 aliphatic heterocycles.